The van der Waals surface area contributed by atoms with Crippen molar-refractivity contribution in [3.63, 3.8) is 0 Å². The average molecular weight is 563 g/mol. The Morgan fingerprint density at radius 1 is 1.02 bits per heavy atom. The number of nitrogens with one attached hydrogen (secondary N) is 1. The van der Waals surface area contributed by atoms with E-state index in [0.29, 0.717) is 23.6 Å². The van der Waals surface area contributed by atoms with Crippen LogP contribution in [0.25, 0.3) is 5.69 Å². The SMILES string of the molecule is CCOc1ccccc1N(CC(=O)N/N=C\c1cc(C)n(-c2ccccc2F)c1C)S(=O)(=O)c1ccc(C)cc1. The molecule has 1 amide bonds. The number of sulfonamides is 1. The summed E-state index contributed by atoms with van der Waals surface area (Å²) in [4.78, 5) is 13.1. The molecule has 0 spiro atoms. The molecule has 1 aromatic heterocycles. The molecule has 1 heterocycles. The van der Waals surface area contributed by atoms with E-state index in [1.807, 2.05) is 26.8 Å². The summed E-state index contributed by atoms with van der Waals surface area (Å²) in [6.07, 6.45) is 1.45. The molecule has 1 N–H and O–H groups in total. The highest BCUT2D eigenvalue weighted by Gasteiger charge is 2.29. The third-order valence-electron chi connectivity index (χ3n) is 6.29. The van der Waals surface area contributed by atoms with Crippen LogP contribution in [-0.2, 0) is 14.8 Å². The van der Waals surface area contributed by atoms with E-state index in [9.17, 15) is 17.6 Å². The van der Waals surface area contributed by atoms with Crippen LogP contribution in [0.3, 0.4) is 0 Å². The van der Waals surface area contributed by atoms with Crippen LogP contribution < -0.4 is 14.5 Å². The highest BCUT2D eigenvalue weighted by molar-refractivity contribution is 7.92. The van der Waals surface area contributed by atoms with Gasteiger partial charge >= 0.3 is 0 Å². The first-order valence-electron chi connectivity index (χ1n) is 12.7. The predicted octanol–water partition coefficient (Wildman–Crippen LogP) is 5.29. The molecule has 0 atom stereocenters. The van der Waals surface area contributed by atoms with E-state index in [0.717, 1.165) is 21.3 Å². The van der Waals surface area contributed by atoms with Crippen LogP contribution >= 0.6 is 0 Å². The van der Waals surface area contributed by atoms with Crippen LogP contribution in [0.5, 0.6) is 5.75 Å². The van der Waals surface area contributed by atoms with Crippen molar-refractivity contribution in [2.24, 2.45) is 5.10 Å². The Hall–Kier alpha value is -4.44. The normalized spacial score (nSPS) is 11.5. The third kappa shape index (κ3) is 6.07. The number of carbonyl (C=O) groups excluding carboxylic acids is 1. The highest BCUT2D eigenvalue weighted by atomic mass is 32.2. The number of rotatable bonds is 10. The highest BCUT2D eigenvalue weighted by Crippen LogP contribution is 2.32. The van der Waals surface area contributed by atoms with E-state index in [1.165, 1.54) is 24.4 Å². The van der Waals surface area contributed by atoms with Crippen LogP contribution in [0.4, 0.5) is 10.1 Å². The lowest BCUT2D eigenvalue weighted by Crippen LogP contribution is -2.39. The second kappa shape index (κ2) is 12.2. The van der Waals surface area contributed by atoms with Crippen molar-refractivity contribution >= 4 is 27.8 Å². The van der Waals surface area contributed by atoms with Gasteiger partial charge in [-0.3, -0.25) is 9.10 Å². The van der Waals surface area contributed by atoms with E-state index in [4.69, 9.17) is 4.74 Å². The number of hydrogen-bond donors (Lipinski definition) is 1. The second-order valence-corrected chi connectivity index (χ2v) is 11.0. The molecular weight excluding hydrogens is 531 g/mol. The number of hydrogen-bond acceptors (Lipinski definition) is 5. The number of ether oxygens (including phenoxy) is 1. The van der Waals surface area contributed by atoms with Gasteiger partial charge in [0.05, 0.1) is 29.1 Å². The summed E-state index contributed by atoms with van der Waals surface area (Å²) in [7, 11) is -4.13. The number of nitrogens with zero attached hydrogens (tertiary/aromatic N) is 3. The van der Waals surface area contributed by atoms with Crippen molar-refractivity contribution in [2.45, 2.75) is 32.6 Å². The summed E-state index contributed by atoms with van der Waals surface area (Å²) in [5.74, 6) is -0.679. The maximum atomic E-state index is 14.4. The van der Waals surface area contributed by atoms with Gasteiger partial charge in [0.15, 0.2) is 0 Å². The number of hydrazone groups is 1. The van der Waals surface area contributed by atoms with Crippen molar-refractivity contribution in [2.75, 3.05) is 17.5 Å². The van der Waals surface area contributed by atoms with Gasteiger partial charge in [-0.25, -0.2) is 18.2 Å². The number of aryl methyl sites for hydroxylation is 2. The Bertz CT molecular complexity index is 1650. The number of amides is 1. The van der Waals surface area contributed by atoms with Gasteiger partial charge in [-0.2, -0.15) is 5.10 Å². The molecule has 3 aromatic carbocycles. The number of carbonyl (C=O) groups is 1. The Kier molecular flexibility index (Phi) is 8.69. The first-order valence-corrected chi connectivity index (χ1v) is 14.1. The molecule has 0 saturated carbocycles. The van der Waals surface area contributed by atoms with Crippen molar-refractivity contribution in [3.05, 3.63) is 107 Å². The zero-order valence-electron chi connectivity index (χ0n) is 22.8. The summed E-state index contributed by atoms with van der Waals surface area (Å²) in [5.41, 5.74) is 6.16. The molecule has 208 valence electrons. The minimum Gasteiger partial charge on any atom is -0.492 e. The molecule has 0 radical (unpaired) electrons. The third-order valence-corrected chi connectivity index (χ3v) is 8.06. The predicted molar refractivity (Wildman–Crippen MR) is 154 cm³/mol. The fraction of sp³-hybridized carbons (Fsp3) is 0.200. The van der Waals surface area contributed by atoms with Crippen LogP contribution in [-0.4, -0.2) is 38.3 Å². The Morgan fingerprint density at radius 2 is 1.70 bits per heavy atom. The van der Waals surface area contributed by atoms with Crippen LogP contribution in [0.2, 0.25) is 0 Å². The molecule has 0 fully saturated rings. The summed E-state index contributed by atoms with van der Waals surface area (Å²) in [6.45, 7) is 7.10. The molecule has 0 aliphatic heterocycles. The summed E-state index contributed by atoms with van der Waals surface area (Å²) in [5, 5.41) is 4.06. The Balaban J connectivity index is 1.60. The van der Waals surface area contributed by atoms with Crippen molar-refractivity contribution in [1.82, 2.24) is 9.99 Å². The lowest BCUT2D eigenvalue weighted by atomic mass is 10.2. The molecule has 4 rings (SSSR count). The van der Waals surface area contributed by atoms with Crippen molar-refractivity contribution in [1.29, 1.82) is 0 Å². The molecule has 0 bridgehead atoms. The fourth-order valence-corrected chi connectivity index (χ4v) is 5.77. The zero-order valence-corrected chi connectivity index (χ0v) is 23.6. The van der Waals surface area contributed by atoms with E-state index < -0.39 is 22.5 Å². The molecule has 0 saturated heterocycles. The smallest absolute Gasteiger partial charge is 0.264 e. The first-order chi connectivity index (χ1) is 19.1. The fourth-order valence-electron chi connectivity index (χ4n) is 4.34. The number of halogens is 1. The van der Waals surface area contributed by atoms with E-state index in [-0.39, 0.29) is 16.4 Å². The van der Waals surface area contributed by atoms with Crippen LogP contribution in [0.15, 0.2) is 88.9 Å². The van der Waals surface area contributed by atoms with Gasteiger partial charge in [-0.15, -0.1) is 0 Å². The van der Waals surface area contributed by atoms with Gasteiger partial charge in [0.1, 0.15) is 18.1 Å². The molecule has 4 aromatic rings. The van der Waals surface area contributed by atoms with E-state index in [2.05, 4.69) is 10.5 Å². The van der Waals surface area contributed by atoms with Crippen molar-refractivity contribution in [3.8, 4) is 11.4 Å². The molecule has 0 aliphatic carbocycles. The van der Waals surface area contributed by atoms with Crippen LogP contribution in [0.1, 0.15) is 29.4 Å². The van der Waals surface area contributed by atoms with Gasteiger partial charge < -0.3 is 9.30 Å². The lowest BCUT2D eigenvalue weighted by Gasteiger charge is -2.25. The molecule has 0 unspecified atom stereocenters. The number of benzene rings is 3. The number of para-hydroxylation sites is 3. The van der Waals surface area contributed by atoms with Gasteiger partial charge in [0.2, 0.25) is 0 Å². The summed E-state index contributed by atoms with van der Waals surface area (Å²) in [6, 6.07) is 21.3. The minimum absolute atomic E-state index is 0.0429. The van der Waals surface area contributed by atoms with Crippen LogP contribution in [0, 0.1) is 26.6 Å². The van der Waals surface area contributed by atoms with Gasteiger partial charge in [-0.1, -0.05) is 42.0 Å². The molecule has 10 heteroatoms. The second-order valence-electron chi connectivity index (χ2n) is 9.13. The largest absolute Gasteiger partial charge is 0.492 e. The molecule has 8 nitrogen and oxygen atoms in total. The lowest BCUT2D eigenvalue weighted by molar-refractivity contribution is -0.119. The maximum absolute atomic E-state index is 14.4. The minimum atomic E-state index is -4.13. The van der Waals surface area contributed by atoms with E-state index >= 15 is 0 Å². The summed E-state index contributed by atoms with van der Waals surface area (Å²) >= 11 is 0. The monoisotopic (exact) mass is 562 g/mol. The standard InChI is InChI=1S/C30H31FN4O4S/c1-5-39-29-13-9-8-12-28(29)34(40(37,38)25-16-14-21(2)15-17-25)20-30(36)33-32-19-24-18-22(3)35(23(24)4)27-11-7-6-10-26(27)31/h6-19H,5,20H2,1-4H3,(H,33,36)/b32-19-. The molecule has 40 heavy (non-hydrogen) atoms. The maximum Gasteiger partial charge on any atom is 0.264 e. The molecule has 0 aliphatic rings. The Morgan fingerprint density at radius 3 is 2.40 bits per heavy atom. The quantitative estimate of drug-likeness (QED) is 0.210. The van der Waals surface area contributed by atoms with E-state index in [1.54, 1.807) is 66.1 Å². The molecular formula is C30H31FN4O4S. The Labute approximate surface area is 233 Å². The zero-order chi connectivity index (χ0) is 28.9. The van der Waals surface area contributed by atoms with Gasteiger partial charge in [0, 0.05) is 17.0 Å². The first kappa shape index (κ1) is 28.6. The van der Waals surface area contributed by atoms with Crippen molar-refractivity contribution < 1.29 is 22.3 Å². The topological polar surface area (TPSA) is 93.0 Å². The number of anilines is 1. The summed E-state index contributed by atoms with van der Waals surface area (Å²) < 4.78 is 50.2. The number of aromatic nitrogens is 1. The van der Waals surface area contributed by atoms with Gasteiger partial charge in [-0.05, 0) is 70.2 Å². The van der Waals surface area contributed by atoms with Gasteiger partial charge in [0.25, 0.3) is 15.9 Å². The average Bonchev–Trinajstić information content (AvgIpc) is 3.21.